The molecule has 1 aromatic carbocycles. The maximum absolute atomic E-state index is 10.4. The Balaban J connectivity index is 0.000000280. The van der Waals surface area contributed by atoms with E-state index < -0.39 is 15.2 Å². The van der Waals surface area contributed by atoms with Crippen LogP contribution in [-0.2, 0) is 0 Å². The van der Waals surface area contributed by atoms with E-state index in [-0.39, 0.29) is 5.69 Å². The van der Waals surface area contributed by atoms with Crippen LogP contribution in [0.25, 0.3) is 10.2 Å². The molecule has 0 saturated heterocycles. The summed E-state index contributed by atoms with van der Waals surface area (Å²) in [6.45, 7) is 0. The quantitative estimate of drug-likeness (QED) is 0.435. The van der Waals surface area contributed by atoms with Gasteiger partial charge in [0.2, 0.25) is 0 Å². The zero-order valence-electron chi connectivity index (χ0n) is 8.48. The smallest absolute Gasteiger partial charge is 0.270 e. The van der Waals surface area contributed by atoms with Gasteiger partial charge in [0.25, 0.3) is 5.69 Å². The zero-order chi connectivity index (χ0) is 13.9. The second kappa shape index (κ2) is 5.39. The highest BCUT2D eigenvalue weighted by Crippen LogP contribution is 2.27. The van der Waals surface area contributed by atoms with Gasteiger partial charge < -0.3 is 5.73 Å². The molecule has 0 radical (unpaired) electrons. The molecule has 2 aromatic rings. The van der Waals surface area contributed by atoms with Gasteiger partial charge in [-0.2, -0.15) is 14.0 Å². The highest BCUT2D eigenvalue weighted by Gasteiger charge is 2.08. The van der Waals surface area contributed by atoms with Gasteiger partial charge in [-0.3, -0.25) is 10.1 Å². The van der Waals surface area contributed by atoms with Crippen molar-refractivity contribution in [3.05, 3.63) is 28.3 Å². The van der Waals surface area contributed by atoms with Crippen molar-refractivity contribution in [2.24, 2.45) is 0 Å². The normalized spacial score (nSPS) is 10.9. The fourth-order valence-corrected chi connectivity index (χ4v) is 1.81. The Labute approximate surface area is 106 Å². The molecule has 0 saturated carbocycles. The Kier molecular flexibility index (Phi) is 4.34. The fraction of sp³-hybridized carbons (Fsp3) is 0. The number of anilines is 1. The number of nitrogens with zero attached hydrogens (tertiary/aromatic N) is 2. The van der Waals surface area contributed by atoms with E-state index in [0.717, 1.165) is 4.70 Å². The molecule has 18 heavy (non-hydrogen) atoms. The van der Waals surface area contributed by atoms with Gasteiger partial charge in [0.05, 0.1) is 30.0 Å². The van der Waals surface area contributed by atoms with Gasteiger partial charge in [-0.15, -0.1) is 0 Å². The van der Waals surface area contributed by atoms with Crippen LogP contribution >= 0.6 is 11.3 Å². The van der Waals surface area contributed by atoms with E-state index in [9.17, 15) is 10.1 Å². The molecule has 11 heteroatoms. The van der Waals surface area contributed by atoms with Crippen LogP contribution in [0.2, 0.25) is 0 Å². The molecule has 1 aromatic heterocycles. The van der Waals surface area contributed by atoms with Crippen LogP contribution in [0.15, 0.2) is 18.2 Å². The number of nitro groups is 1. The van der Waals surface area contributed by atoms with Gasteiger partial charge in [0.15, 0.2) is 5.13 Å². The second-order valence-corrected chi connectivity index (χ2v) is 4.71. The van der Waals surface area contributed by atoms with E-state index in [0.29, 0.717) is 10.6 Å². The number of benzene rings is 1. The summed E-state index contributed by atoms with van der Waals surface area (Å²) in [5.74, 6) is 0. The minimum absolute atomic E-state index is 0.0659. The third kappa shape index (κ3) is 4.75. The summed E-state index contributed by atoms with van der Waals surface area (Å²) in [6.07, 6.45) is 0. The van der Waals surface area contributed by atoms with Gasteiger partial charge in [-0.1, -0.05) is 11.3 Å². The average Bonchev–Trinajstić information content (AvgIpc) is 2.53. The molecule has 9 nitrogen and oxygen atoms in total. The van der Waals surface area contributed by atoms with Crippen LogP contribution in [0.3, 0.4) is 0 Å². The number of nitro benzene ring substituents is 1. The maximum Gasteiger partial charge on any atom is 0.270 e. The highest BCUT2D eigenvalue weighted by atomic mass is 35.7. The molecule has 3 N–H and O–H groups in total. The maximum atomic E-state index is 10.4. The van der Waals surface area contributed by atoms with Crippen molar-refractivity contribution in [1.82, 2.24) is 4.98 Å². The third-order valence-electron chi connectivity index (χ3n) is 1.60. The van der Waals surface area contributed by atoms with Gasteiger partial charge >= 0.3 is 0 Å². The summed E-state index contributed by atoms with van der Waals surface area (Å²) >= 11 is 1.25. The van der Waals surface area contributed by atoms with Crippen molar-refractivity contribution in [1.29, 1.82) is 0 Å². The number of fused-ring (bicyclic) bond motifs is 1. The number of nitrogens with two attached hydrogens (primary N) is 1. The number of halogens is 1. The predicted octanol–water partition coefficient (Wildman–Crippen LogP) is -2.34. The minimum atomic E-state index is -4.69. The lowest BCUT2D eigenvalue weighted by molar-refractivity contribution is -1.92. The Morgan fingerprint density at radius 3 is 2.44 bits per heavy atom. The molecule has 0 aliphatic rings. The number of hydrogen-bond acceptors (Lipinski definition) is 9. The number of non-ortho nitro benzene ring substituents is 1. The first-order valence-corrected chi connectivity index (χ1v) is 6.18. The molecule has 0 aliphatic carbocycles. The molecule has 0 unspecified atom stereocenters. The molecule has 2 rings (SSSR count). The topological polar surface area (TPSA) is 171 Å². The highest BCUT2D eigenvalue weighted by molar-refractivity contribution is 7.22. The Morgan fingerprint density at radius 1 is 1.39 bits per heavy atom. The third-order valence-corrected chi connectivity index (χ3v) is 2.45. The molecule has 0 atom stereocenters. The number of aromatic nitrogens is 1. The molecular weight excluding hydrogens is 290 g/mol. The predicted molar refractivity (Wildman–Crippen MR) is 52.9 cm³/mol. The molecule has 0 fully saturated rings. The van der Waals surface area contributed by atoms with Gasteiger partial charge in [0, 0.05) is 12.1 Å². The summed E-state index contributed by atoms with van der Waals surface area (Å²) in [7, 11) is -4.69. The van der Waals surface area contributed by atoms with Gasteiger partial charge in [-0.25, -0.2) is 4.98 Å². The van der Waals surface area contributed by atoms with Crippen LogP contribution < -0.4 is 19.7 Å². The largest absolute Gasteiger partial charge is 0.375 e. The zero-order valence-corrected chi connectivity index (χ0v) is 10.1. The molecule has 1 heterocycles. The Hall–Kier alpha value is -1.56. The van der Waals surface area contributed by atoms with Crippen molar-refractivity contribution in [3.8, 4) is 0 Å². The second-order valence-electron chi connectivity index (χ2n) is 2.86. The minimum Gasteiger partial charge on any atom is -0.375 e. The fourth-order valence-electron chi connectivity index (χ4n) is 1.04. The molecule has 0 aliphatic heterocycles. The van der Waals surface area contributed by atoms with Crippen molar-refractivity contribution in [3.63, 3.8) is 0 Å². The van der Waals surface area contributed by atoms with E-state index in [1.165, 1.54) is 23.5 Å². The first kappa shape index (κ1) is 14.5. The molecule has 0 amide bonds. The Bertz CT molecular complexity index is 562. The first-order chi connectivity index (χ1) is 8.16. The number of thiazole rings is 1. The van der Waals surface area contributed by atoms with Crippen molar-refractivity contribution in [2.75, 3.05) is 5.73 Å². The van der Waals surface area contributed by atoms with Gasteiger partial charge in [0.1, 0.15) is 0 Å². The van der Waals surface area contributed by atoms with Gasteiger partial charge in [-0.05, 0) is 6.07 Å². The molecule has 0 bridgehead atoms. The van der Waals surface area contributed by atoms with E-state index in [1.807, 2.05) is 0 Å². The van der Waals surface area contributed by atoms with Crippen LogP contribution in [0.4, 0.5) is 10.8 Å². The van der Waals surface area contributed by atoms with Crippen LogP contribution in [0.1, 0.15) is 0 Å². The first-order valence-electron chi connectivity index (χ1n) is 4.10. The molecule has 98 valence electrons. The van der Waals surface area contributed by atoms with Crippen LogP contribution in [0.5, 0.6) is 0 Å². The van der Waals surface area contributed by atoms with E-state index in [4.69, 9.17) is 24.4 Å². The lowest BCUT2D eigenvalue weighted by Gasteiger charge is -2.03. The van der Waals surface area contributed by atoms with E-state index in [2.05, 4.69) is 4.98 Å². The number of hydrogen-bond donors (Lipinski definition) is 2. The summed E-state index contributed by atoms with van der Waals surface area (Å²) in [5.41, 5.74) is 6.22. The summed E-state index contributed by atoms with van der Waals surface area (Å²) in [5, 5.41) is 10.8. The Morgan fingerprint density at radius 2 is 1.94 bits per heavy atom. The number of rotatable bonds is 1. The van der Waals surface area contributed by atoms with Crippen LogP contribution in [0, 0.1) is 20.4 Å². The monoisotopic (exact) mass is 295 g/mol. The summed E-state index contributed by atoms with van der Waals surface area (Å²) in [6, 6.07) is 4.49. The number of nitrogen functional groups attached to an aromatic ring is 1. The molecule has 0 spiro atoms. The van der Waals surface area contributed by atoms with E-state index in [1.54, 1.807) is 6.07 Å². The molecular formula is C7H6ClN3O6S. The SMILES string of the molecule is Nc1nc2ccc([N+](=O)[O-])cc2s1.[O-][Cl+3]([O-])([O-])O. The standard InChI is InChI=1S/C7H5N3O2S.ClHO4/c8-7-9-5-2-1-4(10(11)12)3-6(5)13-7;2-1(3,4)5/h1-3H,(H2,8,9);(H,2,3,4,5). The lowest BCUT2D eigenvalue weighted by Crippen LogP contribution is -2.58. The van der Waals surface area contributed by atoms with Crippen LogP contribution in [-0.4, -0.2) is 14.6 Å². The summed E-state index contributed by atoms with van der Waals surface area (Å²) in [4.78, 5) is 14.0. The van der Waals surface area contributed by atoms with Crippen molar-refractivity contribution < 1.29 is 33.8 Å². The lowest BCUT2D eigenvalue weighted by atomic mass is 10.3. The van der Waals surface area contributed by atoms with Crippen molar-refractivity contribution in [2.45, 2.75) is 0 Å². The van der Waals surface area contributed by atoms with Crippen molar-refractivity contribution >= 4 is 32.4 Å². The average molecular weight is 296 g/mol. The summed E-state index contributed by atoms with van der Waals surface area (Å²) < 4.78 is 33.5. The van der Waals surface area contributed by atoms with E-state index >= 15 is 0 Å².